The molecule has 0 radical (unpaired) electrons. The van der Waals surface area contributed by atoms with E-state index in [1.165, 1.54) is 6.08 Å². The topological polar surface area (TPSA) is 59.9 Å². The van der Waals surface area contributed by atoms with Crippen LogP contribution >= 0.6 is 0 Å². The van der Waals surface area contributed by atoms with Gasteiger partial charge in [-0.2, -0.15) is 28.1 Å². The number of aromatic nitrogens is 3. The van der Waals surface area contributed by atoms with Crippen LogP contribution in [0.2, 0.25) is 0 Å². The summed E-state index contributed by atoms with van der Waals surface area (Å²) in [6.07, 6.45) is -1.38. The lowest BCUT2D eigenvalue weighted by molar-refractivity contribution is -0.0887. The number of hydrogen-bond acceptors (Lipinski definition) is 5. The molecule has 2 aromatic rings. The first-order chi connectivity index (χ1) is 12.8. The van der Waals surface area contributed by atoms with Crippen LogP contribution in [-0.2, 0) is 0 Å². The Labute approximate surface area is 155 Å². The summed E-state index contributed by atoms with van der Waals surface area (Å²) in [5.41, 5.74) is 1.54. The predicted octanol–water partition coefficient (Wildman–Crippen LogP) is 4.82. The van der Waals surface area contributed by atoms with Crippen molar-refractivity contribution in [1.82, 2.24) is 15.0 Å². The van der Waals surface area contributed by atoms with Crippen LogP contribution < -0.4 is 10.1 Å². The summed E-state index contributed by atoms with van der Waals surface area (Å²) < 4.78 is 44.2. The summed E-state index contributed by atoms with van der Waals surface area (Å²) in [6, 6.07) is 7.72. The van der Waals surface area contributed by atoms with Gasteiger partial charge in [0.1, 0.15) is 0 Å². The van der Waals surface area contributed by atoms with E-state index in [1.54, 1.807) is 6.92 Å². The van der Waals surface area contributed by atoms with Crippen LogP contribution in [0.25, 0.3) is 11.4 Å². The first-order valence-corrected chi connectivity index (χ1v) is 8.56. The van der Waals surface area contributed by atoms with Crippen LogP contribution in [0.5, 0.6) is 6.01 Å². The minimum atomic E-state index is -4.38. The third-order valence-corrected chi connectivity index (χ3v) is 3.87. The minimum absolute atomic E-state index is 0.120. The van der Waals surface area contributed by atoms with Gasteiger partial charge in [-0.25, -0.2) is 0 Å². The zero-order valence-corrected chi connectivity index (χ0v) is 15.0. The molecular formula is C19H19F3N4O. The molecule has 1 aromatic carbocycles. The largest absolute Gasteiger partial charge is 0.464 e. The number of rotatable bonds is 5. The van der Waals surface area contributed by atoms with Gasteiger partial charge in [0.05, 0.1) is 12.2 Å². The van der Waals surface area contributed by atoms with Gasteiger partial charge >= 0.3 is 12.2 Å². The summed E-state index contributed by atoms with van der Waals surface area (Å²) in [5, 5.41) is 2.88. The van der Waals surface area contributed by atoms with Gasteiger partial charge in [0.25, 0.3) is 0 Å². The molecule has 27 heavy (non-hydrogen) atoms. The Balaban J connectivity index is 1.93. The molecule has 0 saturated heterocycles. The standard InChI is InChI=1S/C19H19F3N4O/c1-3-27-18-25-16(13-7-4-6-12(2)10-13)24-17(26-18)23-15-9-5-8-14(11-15)19(20,21)22/h4,6-8,10-11H,3,5,9H2,1-2H3,(H,23,24,25,26). The first kappa shape index (κ1) is 18.9. The molecule has 142 valence electrons. The van der Waals surface area contributed by atoms with E-state index in [9.17, 15) is 13.2 Å². The van der Waals surface area contributed by atoms with Gasteiger partial charge in [-0.1, -0.05) is 29.8 Å². The van der Waals surface area contributed by atoms with Crippen molar-refractivity contribution in [2.24, 2.45) is 0 Å². The summed E-state index contributed by atoms with van der Waals surface area (Å²) in [5.74, 6) is 0.544. The molecule has 5 nitrogen and oxygen atoms in total. The fourth-order valence-corrected chi connectivity index (χ4v) is 2.66. The summed E-state index contributed by atoms with van der Waals surface area (Å²) in [6.45, 7) is 4.11. The van der Waals surface area contributed by atoms with Gasteiger partial charge in [-0.15, -0.1) is 0 Å². The highest BCUT2D eigenvalue weighted by Gasteiger charge is 2.33. The number of nitrogens with zero attached hydrogens (tertiary/aromatic N) is 3. The van der Waals surface area contributed by atoms with Crippen molar-refractivity contribution >= 4 is 5.95 Å². The molecule has 0 amide bonds. The van der Waals surface area contributed by atoms with Crippen LogP contribution in [-0.4, -0.2) is 27.7 Å². The zero-order valence-electron chi connectivity index (χ0n) is 15.0. The average Bonchev–Trinajstić information content (AvgIpc) is 2.61. The third kappa shape index (κ3) is 4.84. The van der Waals surface area contributed by atoms with E-state index in [0.717, 1.165) is 17.2 Å². The predicted molar refractivity (Wildman–Crippen MR) is 96.2 cm³/mol. The maximum Gasteiger partial charge on any atom is 0.416 e. The Morgan fingerprint density at radius 1 is 1.19 bits per heavy atom. The molecule has 1 heterocycles. The number of halogens is 3. The van der Waals surface area contributed by atoms with E-state index in [0.29, 0.717) is 31.0 Å². The molecular weight excluding hydrogens is 357 g/mol. The second-order valence-corrected chi connectivity index (χ2v) is 6.06. The normalized spacial score (nSPS) is 14.4. The van der Waals surface area contributed by atoms with Crippen molar-refractivity contribution in [1.29, 1.82) is 0 Å². The van der Waals surface area contributed by atoms with Crippen molar-refractivity contribution < 1.29 is 17.9 Å². The van der Waals surface area contributed by atoms with Crippen molar-refractivity contribution in [3.8, 4) is 17.4 Å². The van der Waals surface area contributed by atoms with E-state index in [1.807, 2.05) is 31.2 Å². The van der Waals surface area contributed by atoms with Gasteiger partial charge in [-0.3, -0.25) is 0 Å². The number of allylic oxidation sites excluding steroid dienone is 4. The number of nitrogens with one attached hydrogen (secondary N) is 1. The summed E-state index contributed by atoms with van der Waals surface area (Å²) in [4.78, 5) is 12.8. The monoisotopic (exact) mass is 376 g/mol. The summed E-state index contributed by atoms with van der Waals surface area (Å²) in [7, 11) is 0. The van der Waals surface area contributed by atoms with Crippen molar-refractivity contribution in [2.75, 3.05) is 11.9 Å². The number of ether oxygens (including phenoxy) is 1. The molecule has 1 aromatic heterocycles. The lowest BCUT2D eigenvalue weighted by Crippen LogP contribution is -2.15. The van der Waals surface area contributed by atoms with Crippen LogP contribution in [0.15, 0.2) is 47.7 Å². The molecule has 1 aliphatic carbocycles. The summed E-state index contributed by atoms with van der Waals surface area (Å²) >= 11 is 0. The number of aryl methyl sites for hydroxylation is 1. The number of anilines is 1. The maximum atomic E-state index is 12.9. The molecule has 0 bridgehead atoms. The van der Waals surface area contributed by atoms with E-state index in [-0.39, 0.29) is 12.0 Å². The van der Waals surface area contributed by atoms with Crippen molar-refractivity contribution in [2.45, 2.75) is 32.9 Å². The molecule has 0 atom stereocenters. The number of hydrogen-bond donors (Lipinski definition) is 1. The Morgan fingerprint density at radius 3 is 2.70 bits per heavy atom. The highest BCUT2D eigenvalue weighted by molar-refractivity contribution is 5.58. The minimum Gasteiger partial charge on any atom is -0.464 e. The average molecular weight is 376 g/mol. The van der Waals surface area contributed by atoms with E-state index < -0.39 is 11.7 Å². The van der Waals surface area contributed by atoms with Gasteiger partial charge in [0, 0.05) is 11.3 Å². The lowest BCUT2D eigenvalue weighted by Gasteiger charge is -2.17. The molecule has 0 unspecified atom stereocenters. The van der Waals surface area contributed by atoms with Crippen LogP contribution in [0.1, 0.15) is 25.3 Å². The van der Waals surface area contributed by atoms with Gasteiger partial charge < -0.3 is 10.1 Å². The molecule has 0 spiro atoms. The van der Waals surface area contributed by atoms with Crippen molar-refractivity contribution in [3.05, 3.63) is 53.3 Å². The van der Waals surface area contributed by atoms with Crippen molar-refractivity contribution in [3.63, 3.8) is 0 Å². The molecule has 1 N–H and O–H groups in total. The molecule has 8 heteroatoms. The highest BCUT2D eigenvalue weighted by atomic mass is 19.4. The maximum absolute atomic E-state index is 12.9. The van der Waals surface area contributed by atoms with E-state index >= 15 is 0 Å². The highest BCUT2D eigenvalue weighted by Crippen LogP contribution is 2.32. The first-order valence-electron chi connectivity index (χ1n) is 8.56. The fourth-order valence-electron chi connectivity index (χ4n) is 2.66. The Kier molecular flexibility index (Phi) is 5.43. The van der Waals surface area contributed by atoms with Gasteiger partial charge in [0.15, 0.2) is 5.82 Å². The number of benzene rings is 1. The fraction of sp³-hybridized carbons (Fsp3) is 0.316. The third-order valence-electron chi connectivity index (χ3n) is 3.87. The lowest BCUT2D eigenvalue weighted by atomic mass is 10.0. The van der Waals surface area contributed by atoms with E-state index in [4.69, 9.17) is 4.74 Å². The Bertz CT molecular complexity index is 891. The molecule has 1 aliphatic rings. The van der Waals surface area contributed by atoms with Crippen LogP contribution in [0.3, 0.4) is 0 Å². The van der Waals surface area contributed by atoms with Crippen LogP contribution in [0, 0.1) is 6.92 Å². The second-order valence-electron chi connectivity index (χ2n) is 6.06. The molecule has 3 rings (SSSR count). The molecule has 0 aliphatic heterocycles. The molecule has 0 saturated carbocycles. The SMILES string of the molecule is CCOc1nc(NC2=CC(C(F)(F)F)=CCC2)nc(-c2cccc(C)c2)n1. The quantitative estimate of drug-likeness (QED) is 0.810. The Hall–Kier alpha value is -2.90. The number of alkyl halides is 3. The van der Waals surface area contributed by atoms with Gasteiger partial charge in [0.2, 0.25) is 5.95 Å². The van der Waals surface area contributed by atoms with Gasteiger partial charge in [-0.05, 0) is 38.8 Å². The zero-order chi connectivity index (χ0) is 19.4. The van der Waals surface area contributed by atoms with E-state index in [2.05, 4.69) is 20.3 Å². The van der Waals surface area contributed by atoms with Crippen LogP contribution in [0.4, 0.5) is 19.1 Å². The Morgan fingerprint density at radius 2 is 2.00 bits per heavy atom. The molecule has 0 fully saturated rings. The second kappa shape index (κ2) is 7.77. The smallest absolute Gasteiger partial charge is 0.416 e.